The molecule has 0 spiro atoms. The zero-order valence-corrected chi connectivity index (χ0v) is 10.8. The maximum atomic E-state index is 10.3. The summed E-state index contributed by atoms with van der Waals surface area (Å²) >= 11 is 7.42. The molecule has 0 saturated heterocycles. The number of carbonyl (C=O) groups is 1. The van der Waals surface area contributed by atoms with Gasteiger partial charge in [0, 0.05) is 17.3 Å². The lowest BCUT2D eigenvalue weighted by molar-refractivity contribution is -0.137. The van der Waals surface area contributed by atoms with Crippen LogP contribution in [0.3, 0.4) is 0 Å². The van der Waals surface area contributed by atoms with Crippen molar-refractivity contribution in [1.29, 1.82) is 0 Å². The van der Waals surface area contributed by atoms with E-state index >= 15 is 0 Å². The average molecular weight is 262 g/mol. The van der Waals surface area contributed by atoms with Gasteiger partial charge in [-0.25, -0.2) is 0 Å². The molecule has 1 aromatic heterocycles. The van der Waals surface area contributed by atoms with Crippen molar-refractivity contribution in [2.75, 3.05) is 6.54 Å². The highest BCUT2D eigenvalue weighted by Crippen LogP contribution is 2.26. The van der Waals surface area contributed by atoms with E-state index < -0.39 is 5.97 Å². The zero-order chi connectivity index (χ0) is 12.0. The molecule has 0 amide bonds. The summed E-state index contributed by atoms with van der Waals surface area (Å²) in [5, 5.41) is 11.8. The van der Waals surface area contributed by atoms with Crippen LogP contribution in [0.25, 0.3) is 0 Å². The molecular formula is C11H16ClNO2S. The Hall–Kier alpha value is -0.580. The van der Waals surface area contributed by atoms with Gasteiger partial charge in [-0.3, -0.25) is 4.79 Å². The highest BCUT2D eigenvalue weighted by Gasteiger charge is 2.06. The van der Waals surface area contributed by atoms with Crippen LogP contribution in [0.15, 0.2) is 12.1 Å². The lowest BCUT2D eigenvalue weighted by atomic mass is 10.2. The van der Waals surface area contributed by atoms with E-state index in [0.717, 1.165) is 23.7 Å². The van der Waals surface area contributed by atoms with E-state index in [9.17, 15) is 4.79 Å². The van der Waals surface area contributed by atoms with Crippen molar-refractivity contribution < 1.29 is 9.90 Å². The first-order chi connectivity index (χ1) is 7.59. The molecule has 1 heterocycles. The van der Waals surface area contributed by atoms with Gasteiger partial charge in [-0.2, -0.15) is 0 Å². The van der Waals surface area contributed by atoms with Crippen LogP contribution in [0, 0.1) is 0 Å². The van der Waals surface area contributed by atoms with Gasteiger partial charge in [-0.1, -0.05) is 11.6 Å². The molecule has 0 aromatic carbocycles. The third-order valence-corrected chi connectivity index (χ3v) is 3.70. The molecule has 0 saturated carbocycles. The Morgan fingerprint density at radius 1 is 1.56 bits per heavy atom. The number of unbranched alkanes of at least 4 members (excludes halogenated alkanes) is 1. The molecule has 1 unspecified atom stereocenters. The van der Waals surface area contributed by atoms with Crippen molar-refractivity contribution >= 4 is 28.9 Å². The summed E-state index contributed by atoms with van der Waals surface area (Å²) in [5.41, 5.74) is 0. The number of hydrogen-bond donors (Lipinski definition) is 2. The van der Waals surface area contributed by atoms with Gasteiger partial charge < -0.3 is 10.4 Å². The molecule has 16 heavy (non-hydrogen) atoms. The monoisotopic (exact) mass is 261 g/mol. The van der Waals surface area contributed by atoms with Crippen LogP contribution in [0.1, 0.15) is 37.1 Å². The second-order valence-corrected chi connectivity index (χ2v) is 5.42. The molecule has 1 atom stereocenters. The fourth-order valence-electron chi connectivity index (χ4n) is 1.38. The molecule has 0 fully saturated rings. The van der Waals surface area contributed by atoms with Gasteiger partial charge in [0.25, 0.3) is 0 Å². The van der Waals surface area contributed by atoms with E-state index in [1.165, 1.54) is 4.88 Å². The van der Waals surface area contributed by atoms with Crippen LogP contribution in [-0.4, -0.2) is 17.6 Å². The van der Waals surface area contributed by atoms with Gasteiger partial charge in [0.2, 0.25) is 0 Å². The van der Waals surface area contributed by atoms with Gasteiger partial charge >= 0.3 is 5.97 Å². The van der Waals surface area contributed by atoms with E-state index in [1.54, 1.807) is 11.3 Å². The number of carboxylic acids is 1. The molecule has 2 N–H and O–H groups in total. The molecule has 5 heteroatoms. The normalized spacial score (nSPS) is 12.6. The Bertz CT molecular complexity index is 340. The maximum absolute atomic E-state index is 10.3. The first-order valence-electron chi connectivity index (χ1n) is 5.30. The van der Waals surface area contributed by atoms with Crippen molar-refractivity contribution in [3.8, 4) is 0 Å². The van der Waals surface area contributed by atoms with E-state index in [2.05, 4.69) is 12.2 Å². The minimum Gasteiger partial charge on any atom is -0.481 e. The van der Waals surface area contributed by atoms with Crippen molar-refractivity contribution in [3.63, 3.8) is 0 Å². The summed E-state index contributed by atoms with van der Waals surface area (Å²) in [6.45, 7) is 2.92. The molecule has 0 bridgehead atoms. The summed E-state index contributed by atoms with van der Waals surface area (Å²) < 4.78 is 0.800. The summed E-state index contributed by atoms with van der Waals surface area (Å²) in [5.74, 6) is -0.724. The minimum atomic E-state index is -0.724. The Morgan fingerprint density at radius 2 is 2.31 bits per heavy atom. The Morgan fingerprint density at radius 3 is 2.88 bits per heavy atom. The number of aliphatic carboxylic acids is 1. The fraction of sp³-hybridized carbons (Fsp3) is 0.545. The first kappa shape index (κ1) is 13.5. The van der Waals surface area contributed by atoms with Crippen LogP contribution in [0.4, 0.5) is 0 Å². The Kier molecular flexibility index (Phi) is 5.80. The molecule has 1 aromatic rings. The summed E-state index contributed by atoms with van der Waals surface area (Å²) in [4.78, 5) is 11.5. The van der Waals surface area contributed by atoms with Crippen LogP contribution >= 0.6 is 22.9 Å². The molecular weight excluding hydrogens is 246 g/mol. The molecule has 0 radical (unpaired) electrons. The van der Waals surface area contributed by atoms with E-state index in [0.29, 0.717) is 0 Å². The number of nitrogens with one attached hydrogen (secondary N) is 1. The molecule has 0 aliphatic carbocycles. The molecule has 1 rings (SSSR count). The topological polar surface area (TPSA) is 49.3 Å². The number of thiophene rings is 1. The van der Waals surface area contributed by atoms with E-state index in [-0.39, 0.29) is 12.5 Å². The average Bonchev–Trinajstić information content (AvgIpc) is 2.63. The van der Waals surface area contributed by atoms with Crippen LogP contribution in [0.2, 0.25) is 4.34 Å². The predicted octanol–water partition coefficient (Wildman–Crippen LogP) is 3.31. The summed E-state index contributed by atoms with van der Waals surface area (Å²) in [6, 6.07) is 4.19. The molecule has 0 aliphatic heterocycles. The second kappa shape index (κ2) is 6.89. The standard InChI is InChI=1S/C11H16ClNO2S/c1-8(9-5-6-10(12)16-9)13-7-3-2-4-11(14)15/h5-6,8,13H,2-4,7H2,1H3,(H,14,15). The van der Waals surface area contributed by atoms with Crippen molar-refractivity contribution in [2.24, 2.45) is 0 Å². The third-order valence-electron chi connectivity index (χ3n) is 2.29. The molecule has 0 aliphatic rings. The summed E-state index contributed by atoms with van der Waals surface area (Å²) in [7, 11) is 0. The maximum Gasteiger partial charge on any atom is 0.303 e. The number of carboxylic acid groups (broad SMARTS) is 1. The summed E-state index contributed by atoms with van der Waals surface area (Å²) in [6.07, 6.45) is 1.86. The SMILES string of the molecule is CC(NCCCCC(=O)O)c1ccc(Cl)s1. The number of halogens is 1. The highest BCUT2D eigenvalue weighted by atomic mass is 35.5. The van der Waals surface area contributed by atoms with Crippen LogP contribution in [-0.2, 0) is 4.79 Å². The van der Waals surface area contributed by atoms with Crippen LogP contribution < -0.4 is 5.32 Å². The Labute approximate surface area is 104 Å². The van der Waals surface area contributed by atoms with E-state index in [4.69, 9.17) is 16.7 Å². The van der Waals surface area contributed by atoms with Gasteiger partial charge in [0.05, 0.1) is 4.34 Å². The largest absolute Gasteiger partial charge is 0.481 e. The van der Waals surface area contributed by atoms with Crippen LogP contribution in [0.5, 0.6) is 0 Å². The van der Waals surface area contributed by atoms with E-state index in [1.807, 2.05) is 12.1 Å². The quantitative estimate of drug-likeness (QED) is 0.741. The van der Waals surface area contributed by atoms with Crippen molar-refractivity contribution in [3.05, 3.63) is 21.3 Å². The van der Waals surface area contributed by atoms with Gasteiger partial charge in [-0.05, 0) is 38.4 Å². The molecule has 3 nitrogen and oxygen atoms in total. The number of rotatable bonds is 7. The lowest BCUT2D eigenvalue weighted by Crippen LogP contribution is -2.19. The Balaban J connectivity index is 2.15. The number of hydrogen-bond acceptors (Lipinski definition) is 3. The fourth-order valence-corrected chi connectivity index (χ4v) is 2.47. The molecule has 90 valence electrons. The highest BCUT2D eigenvalue weighted by molar-refractivity contribution is 7.16. The van der Waals surface area contributed by atoms with Gasteiger partial charge in [-0.15, -0.1) is 11.3 Å². The smallest absolute Gasteiger partial charge is 0.303 e. The predicted molar refractivity (Wildman–Crippen MR) is 67.2 cm³/mol. The third kappa shape index (κ3) is 4.96. The first-order valence-corrected chi connectivity index (χ1v) is 6.49. The van der Waals surface area contributed by atoms with Crippen molar-refractivity contribution in [1.82, 2.24) is 5.32 Å². The van der Waals surface area contributed by atoms with Crippen molar-refractivity contribution in [2.45, 2.75) is 32.2 Å². The zero-order valence-electron chi connectivity index (χ0n) is 9.20. The minimum absolute atomic E-state index is 0.251. The lowest BCUT2D eigenvalue weighted by Gasteiger charge is -2.11. The second-order valence-electron chi connectivity index (χ2n) is 3.67. The van der Waals surface area contributed by atoms with Gasteiger partial charge in [0.1, 0.15) is 0 Å². The van der Waals surface area contributed by atoms with Gasteiger partial charge in [0.15, 0.2) is 0 Å².